The number of halogens is 1. The van der Waals surface area contributed by atoms with E-state index in [0.717, 1.165) is 22.1 Å². The van der Waals surface area contributed by atoms with Gasteiger partial charge in [0.25, 0.3) is 5.91 Å². The molecular formula is C19H18FNO3S. The highest BCUT2D eigenvalue weighted by Crippen LogP contribution is 2.26. The zero-order chi connectivity index (χ0) is 18.2. The first-order chi connectivity index (χ1) is 11.7. The van der Waals surface area contributed by atoms with Gasteiger partial charge in [-0.25, -0.2) is 12.8 Å². The molecule has 0 radical (unpaired) electrons. The molecule has 2 aromatic rings. The Morgan fingerprint density at radius 1 is 1.12 bits per heavy atom. The van der Waals surface area contributed by atoms with E-state index in [1.54, 1.807) is 6.07 Å². The van der Waals surface area contributed by atoms with E-state index in [9.17, 15) is 17.6 Å². The summed E-state index contributed by atoms with van der Waals surface area (Å²) < 4.78 is 37.2. The maximum Gasteiger partial charge on any atom is 0.251 e. The molecule has 0 spiro atoms. The Morgan fingerprint density at radius 3 is 2.48 bits per heavy atom. The maximum atomic E-state index is 14.5. The van der Waals surface area contributed by atoms with Crippen LogP contribution in [-0.2, 0) is 9.84 Å². The van der Waals surface area contributed by atoms with E-state index in [1.165, 1.54) is 18.2 Å². The summed E-state index contributed by atoms with van der Waals surface area (Å²) in [5.41, 5.74) is 3.51. The van der Waals surface area contributed by atoms with Crippen molar-refractivity contribution in [1.82, 2.24) is 5.32 Å². The van der Waals surface area contributed by atoms with Gasteiger partial charge in [0.2, 0.25) is 0 Å². The van der Waals surface area contributed by atoms with Gasteiger partial charge in [-0.3, -0.25) is 4.79 Å². The van der Waals surface area contributed by atoms with Crippen LogP contribution in [0.3, 0.4) is 0 Å². The summed E-state index contributed by atoms with van der Waals surface area (Å²) in [7, 11) is -3.25. The molecule has 0 saturated heterocycles. The average Bonchev–Trinajstić information content (AvgIpc) is 2.88. The Balaban J connectivity index is 1.81. The molecule has 25 heavy (non-hydrogen) atoms. The highest BCUT2D eigenvalue weighted by molar-refractivity contribution is 7.94. The third kappa shape index (κ3) is 3.79. The summed E-state index contributed by atoms with van der Waals surface area (Å²) in [4.78, 5) is 12.2. The van der Waals surface area contributed by atoms with E-state index < -0.39 is 27.6 Å². The SMILES string of the molecule is Cc1ccc(-c2ccc(C(=O)NC3C=CS(=O)(=O)C3)cc2F)cc1C. The summed E-state index contributed by atoms with van der Waals surface area (Å²) in [6, 6.07) is 9.37. The molecular weight excluding hydrogens is 341 g/mol. The van der Waals surface area contributed by atoms with E-state index in [1.807, 2.05) is 32.0 Å². The van der Waals surface area contributed by atoms with Crippen LogP contribution in [-0.4, -0.2) is 26.1 Å². The number of aryl methyl sites for hydroxylation is 2. The molecule has 1 aliphatic rings. The minimum atomic E-state index is -3.25. The second-order valence-corrected chi connectivity index (χ2v) is 8.16. The summed E-state index contributed by atoms with van der Waals surface area (Å²) in [6.45, 7) is 3.95. The molecule has 0 aromatic heterocycles. The molecule has 0 aliphatic carbocycles. The van der Waals surface area contributed by atoms with Crippen LogP contribution in [0.1, 0.15) is 21.5 Å². The third-order valence-corrected chi connectivity index (χ3v) is 5.69. The molecule has 0 bridgehead atoms. The Bertz CT molecular complexity index is 980. The second kappa shape index (κ2) is 6.44. The number of nitrogens with one attached hydrogen (secondary N) is 1. The van der Waals surface area contributed by atoms with Crippen LogP contribution in [0.2, 0.25) is 0 Å². The summed E-state index contributed by atoms with van der Waals surface area (Å²) in [5, 5.41) is 3.67. The number of amides is 1. The monoisotopic (exact) mass is 359 g/mol. The van der Waals surface area contributed by atoms with E-state index in [4.69, 9.17) is 0 Å². The lowest BCUT2D eigenvalue weighted by molar-refractivity contribution is 0.0947. The minimum absolute atomic E-state index is 0.155. The van der Waals surface area contributed by atoms with Gasteiger partial charge in [0.05, 0.1) is 11.8 Å². The Hall–Kier alpha value is -2.47. The van der Waals surface area contributed by atoms with Gasteiger partial charge in [-0.05, 0) is 48.7 Å². The fourth-order valence-electron chi connectivity index (χ4n) is 2.72. The van der Waals surface area contributed by atoms with Gasteiger partial charge < -0.3 is 5.32 Å². The number of sulfone groups is 1. The highest BCUT2D eigenvalue weighted by atomic mass is 32.2. The summed E-state index contributed by atoms with van der Waals surface area (Å²) >= 11 is 0. The van der Waals surface area contributed by atoms with Crippen LogP contribution in [0.25, 0.3) is 11.1 Å². The largest absolute Gasteiger partial charge is 0.345 e. The van der Waals surface area contributed by atoms with Crippen LogP contribution in [0.4, 0.5) is 4.39 Å². The lowest BCUT2D eigenvalue weighted by Crippen LogP contribution is -2.35. The zero-order valence-electron chi connectivity index (χ0n) is 13.9. The number of hydrogen-bond donors (Lipinski definition) is 1. The Morgan fingerprint density at radius 2 is 1.88 bits per heavy atom. The lowest BCUT2D eigenvalue weighted by Gasteiger charge is -2.11. The molecule has 0 fully saturated rings. The fraction of sp³-hybridized carbons (Fsp3) is 0.211. The molecule has 1 aliphatic heterocycles. The van der Waals surface area contributed by atoms with Crippen molar-refractivity contribution in [3.8, 4) is 11.1 Å². The molecule has 130 valence electrons. The van der Waals surface area contributed by atoms with E-state index in [-0.39, 0.29) is 11.3 Å². The van der Waals surface area contributed by atoms with Crippen LogP contribution in [0.5, 0.6) is 0 Å². The van der Waals surface area contributed by atoms with Gasteiger partial charge in [-0.15, -0.1) is 0 Å². The van der Waals surface area contributed by atoms with Crippen LogP contribution >= 0.6 is 0 Å². The second-order valence-electron chi connectivity index (χ2n) is 6.23. The molecule has 2 aromatic carbocycles. The van der Waals surface area contributed by atoms with Crippen molar-refractivity contribution < 1.29 is 17.6 Å². The van der Waals surface area contributed by atoms with Crippen LogP contribution in [0.15, 0.2) is 47.9 Å². The Kier molecular flexibility index (Phi) is 4.47. The quantitative estimate of drug-likeness (QED) is 0.916. The van der Waals surface area contributed by atoms with Crippen LogP contribution in [0, 0.1) is 19.7 Å². The van der Waals surface area contributed by atoms with Crippen molar-refractivity contribution in [3.63, 3.8) is 0 Å². The molecule has 1 atom stereocenters. The van der Waals surface area contributed by atoms with Crippen molar-refractivity contribution in [2.75, 3.05) is 5.75 Å². The topological polar surface area (TPSA) is 63.2 Å². The first-order valence-electron chi connectivity index (χ1n) is 7.84. The third-order valence-electron chi connectivity index (χ3n) is 4.30. The number of hydrogen-bond acceptors (Lipinski definition) is 3. The van der Waals surface area contributed by atoms with Gasteiger partial charge in [-0.1, -0.05) is 24.3 Å². The predicted octanol–water partition coefficient (Wildman–Crippen LogP) is 3.15. The van der Waals surface area contributed by atoms with Crippen LogP contribution < -0.4 is 5.32 Å². The predicted molar refractivity (Wildman–Crippen MR) is 95.5 cm³/mol. The van der Waals surface area contributed by atoms with Crippen molar-refractivity contribution in [2.45, 2.75) is 19.9 Å². The molecule has 1 N–H and O–H groups in total. The zero-order valence-corrected chi connectivity index (χ0v) is 14.7. The van der Waals surface area contributed by atoms with Crippen molar-refractivity contribution in [3.05, 3.63) is 70.4 Å². The molecule has 3 rings (SSSR count). The van der Waals surface area contributed by atoms with Gasteiger partial charge in [0, 0.05) is 16.5 Å². The van der Waals surface area contributed by atoms with Crippen molar-refractivity contribution in [2.24, 2.45) is 0 Å². The number of rotatable bonds is 3. The number of benzene rings is 2. The molecule has 0 saturated carbocycles. The first-order valence-corrected chi connectivity index (χ1v) is 9.56. The van der Waals surface area contributed by atoms with Gasteiger partial charge in [0.15, 0.2) is 9.84 Å². The molecule has 1 amide bonds. The molecule has 1 unspecified atom stereocenters. The Labute approximate surface area is 146 Å². The normalized spacial score (nSPS) is 18.3. The highest BCUT2D eigenvalue weighted by Gasteiger charge is 2.23. The molecule has 1 heterocycles. The van der Waals surface area contributed by atoms with Crippen molar-refractivity contribution >= 4 is 15.7 Å². The molecule has 4 nitrogen and oxygen atoms in total. The maximum absolute atomic E-state index is 14.5. The summed E-state index contributed by atoms with van der Waals surface area (Å²) in [6.07, 6.45) is 1.42. The lowest BCUT2D eigenvalue weighted by atomic mass is 9.99. The number of carbonyl (C=O) groups excluding carboxylic acids is 1. The minimum Gasteiger partial charge on any atom is -0.345 e. The first kappa shape index (κ1) is 17.4. The van der Waals surface area contributed by atoms with E-state index in [2.05, 4.69) is 5.32 Å². The number of carbonyl (C=O) groups is 1. The van der Waals surface area contributed by atoms with Crippen molar-refractivity contribution in [1.29, 1.82) is 0 Å². The smallest absolute Gasteiger partial charge is 0.251 e. The van der Waals surface area contributed by atoms with Gasteiger partial charge in [-0.2, -0.15) is 0 Å². The van der Waals surface area contributed by atoms with E-state index >= 15 is 0 Å². The molecule has 6 heteroatoms. The fourth-order valence-corrected chi connectivity index (χ4v) is 3.95. The van der Waals surface area contributed by atoms with E-state index in [0.29, 0.717) is 5.56 Å². The average molecular weight is 359 g/mol. The standard InChI is InChI=1S/C19H18FNO3S/c1-12-3-4-14(9-13(12)2)17-6-5-15(10-18(17)20)19(22)21-16-7-8-25(23,24)11-16/h3-10,16H,11H2,1-2H3,(H,21,22). The van der Waals surface area contributed by atoms with Gasteiger partial charge >= 0.3 is 0 Å². The summed E-state index contributed by atoms with van der Waals surface area (Å²) in [5.74, 6) is -1.16. The van der Waals surface area contributed by atoms with Gasteiger partial charge in [0.1, 0.15) is 5.82 Å².